The van der Waals surface area contributed by atoms with E-state index in [9.17, 15) is 0 Å². The Balaban J connectivity index is -0.000000270. The zero-order valence-corrected chi connectivity index (χ0v) is 11.8. The van der Waals surface area contributed by atoms with Crippen LogP contribution in [0.3, 0.4) is 0 Å². The van der Waals surface area contributed by atoms with Gasteiger partial charge in [-0.15, -0.1) is 0 Å². The molecular formula is C6H15Br2MgN3. The first kappa shape index (κ1) is 19.2. The second kappa shape index (κ2) is 15.1. The van der Waals surface area contributed by atoms with Gasteiger partial charge in [0.15, 0.2) is 0 Å². The van der Waals surface area contributed by atoms with Gasteiger partial charge in [0.1, 0.15) is 0 Å². The van der Waals surface area contributed by atoms with E-state index in [1.165, 1.54) is 0 Å². The van der Waals surface area contributed by atoms with Crippen LogP contribution in [0.5, 0.6) is 0 Å². The van der Waals surface area contributed by atoms with Crippen LogP contribution in [0.25, 0.3) is 0 Å². The standard InChI is InChI=1S/C6H15N3.2BrH.Mg/c1-2-8-5-6-9-4-3-7-1;;;/h7-9H,1-6H2;2*1H;/q;;;+2/p-2. The third kappa shape index (κ3) is 11.6. The number of rotatable bonds is 0. The summed E-state index contributed by atoms with van der Waals surface area (Å²) >= 11 is 0. The molecule has 1 aliphatic rings. The van der Waals surface area contributed by atoms with Crippen LogP contribution in [-0.2, 0) is 0 Å². The summed E-state index contributed by atoms with van der Waals surface area (Å²) in [6.07, 6.45) is 0. The van der Waals surface area contributed by atoms with Crippen LogP contribution in [0.4, 0.5) is 0 Å². The van der Waals surface area contributed by atoms with Gasteiger partial charge < -0.3 is 49.9 Å². The summed E-state index contributed by atoms with van der Waals surface area (Å²) in [7, 11) is 0. The number of hydrogen-bond donors (Lipinski definition) is 3. The molecule has 0 atom stereocenters. The zero-order valence-electron chi connectivity index (χ0n) is 7.21. The van der Waals surface area contributed by atoms with Gasteiger partial charge in [-0.3, -0.25) is 0 Å². The molecule has 1 rings (SSSR count). The van der Waals surface area contributed by atoms with Gasteiger partial charge in [0, 0.05) is 39.3 Å². The molecule has 1 aliphatic heterocycles. The quantitative estimate of drug-likeness (QED) is 0.389. The molecule has 0 amide bonds. The summed E-state index contributed by atoms with van der Waals surface area (Å²) in [5.74, 6) is 0. The molecule has 0 radical (unpaired) electrons. The zero-order chi connectivity index (χ0) is 6.36. The minimum absolute atomic E-state index is 0. The molecule has 0 aliphatic carbocycles. The maximum Gasteiger partial charge on any atom is 2.00 e. The predicted octanol–water partition coefficient (Wildman–Crippen LogP) is -7.60. The van der Waals surface area contributed by atoms with E-state index in [1.54, 1.807) is 0 Å². The van der Waals surface area contributed by atoms with Gasteiger partial charge in [-0.1, -0.05) is 0 Å². The first-order valence-corrected chi connectivity index (χ1v) is 3.62. The molecule has 0 aromatic carbocycles. The van der Waals surface area contributed by atoms with Crippen molar-refractivity contribution < 1.29 is 34.0 Å². The van der Waals surface area contributed by atoms with E-state index in [0.29, 0.717) is 0 Å². The van der Waals surface area contributed by atoms with Crippen molar-refractivity contribution >= 4 is 23.1 Å². The van der Waals surface area contributed by atoms with Crippen molar-refractivity contribution in [2.24, 2.45) is 0 Å². The maximum atomic E-state index is 3.30. The predicted molar refractivity (Wildman–Crippen MR) is 44.4 cm³/mol. The normalized spacial score (nSPS) is 18.0. The number of halogens is 2. The minimum Gasteiger partial charge on any atom is -1.00 e. The van der Waals surface area contributed by atoms with E-state index in [2.05, 4.69) is 16.0 Å². The van der Waals surface area contributed by atoms with Gasteiger partial charge in [0.25, 0.3) is 0 Å². The van der Waals surface area contributed by atoms with Gasteiger partial charge in [0.2, 0.25) is 0 Å². The molecule has 0 spiro atoms. The second-order valence-electron chi connectivity index (χ2n) is 2.25. The largest absolute Gasteiger partial charge is 2.00 e. The van der Waals surface area contributed by atoms with Crippen LogP contribution in [0.1, 0.15) is 0 Å². The van der Waals surface area contributed by atoms with Crippen LogP contribution < -0.4 is 49.9 Å². The third-order valence-corrected chi connectivity index (χ3v) is 1.44. The van der Waals surface area contributed by atoms with Crippen LogP contribution in [0.2, 0.25) is 0 Å². The Morgan fingerprint density at radius 1 is 0.500 bits per heavy atom. The molecule has 1 fully saturated rings. The number of hydrogen-bond acceptors (Lipinski definition) is 3. The van der Waals surface area contributed by atoms with Crippen molar-refractivity contribution in [3.63, 3.8) is 0 Å². The van der Waals surface area contributed by atoms with E-state index >= 15 is 0 Å². The molecule has 0 unspecified atom stereocenters. The molecule has 1 saturated heterocycles. The fourth-order valence-corrected chi connectivity index (χ4v) is 0.905. The van der Waals surface area contributed by atoms with E-state index in [1.807, 2.05) is 0 Å². The topological polar surface area (TPSA) is 36.1 Å². The molecule has 1 heterocycles. The molecule has 0 aromatic heterocycles. The smallest absolute Gasteiger partial charge is 1.00 e. The minimum atomic E-state index is 0. The van der Waals surface area contributed by atoms with Gasteiger partial charge in [-0.2, -0.15) is 0 Å². The average Bonchev–Trinajstić information content (AvgIpc) is 2.00. The van der Waals surface area contributed by atoms with Crippen LogP contribution in [0, 0.1) is 0 Å². The molecular weight excluding hydrogens is 298 g/mol. The molecule has 12 heavy (non-hydrogen) atoms. The van der Waals surface area contributed by atoms with Gasteiger partial charge in [-0.05, 0) is 0 Å². The van der Waals surface area contributed by atoms with Gasteiger partial charge in [0.05, 0.1) is 0 Å². The summed E-state index contributed by atoms with van der Waals surface area (Å²) in [5.41, 5.74) is 0. The molecule has 3 nitrogen and oxygen atoms in total. The molecule has 0 bridgehead atoms. The Labute approximate surface area is 112 Å². The maximum absolute atomic E-state index is 3.30. The molecule has 0 saturated carbocycles. The summed E-state index contributed by atoms with van der Waals surface area (Å²) in [4.78, 5) is 0. The molecule has 6 heteroatoms. The summed E-state index contributed by atoms with van der Waals surface area (Å²) in [5, 5.41) is 9.91. The van der Waals surface area contributed by atoms with Crippen molar-refractivity contribution in [3.8, 4) is 0 Å². The Kier molecular flexibility index (Phi) is 24.2. The monoisotopic (exact) mass is 311 g/mol. The van der Waals surface area contributed by atoms with Crippen LogP contribution in [0.15, 0.2) is 0 Å². The van der Waals surface area contributed by atoms with Gasteiger partial charge >= 0.3 is 23.1 Å². The average molecular weight is 313 g/mol. The first-order valence-electron chi connectivity index (χ1n) is 3.62. The van der Waals surface area contributed by atoms with Crippen molar-refractivity contribution in [3.05, 3.63) is 0 Å². The Morgan fingerprint density at radius 3 is 0.833 bits per heavy atom. The molecule has 3 N–H and O–H groups in total. The van der Waals surface area contributed by atoms with Crippen LogP contribution >= 0.6 is 0 Å². The Hall–Kier alpha value is 1.61. The van der Waals surface area contributed by atoms with E-state index in [0.717, 1.165) is 39.3 Å². The third-order valence-electron chi connectivity index (χ3n) is 1.44. The summed E-state index contributed by atoms with van der Waals surface area (Å²) < 4.78 is 0. The number of nitrogens with one attached hydrogen (secondary N) is 3. The van der Waals surface area contributed by atoms with E-state index in [-0.39, 0.29) is 57.0 Å². The van der Waals surface area contributed by atoms with Crippen molar-refractivity contribution in [2.45, 2.75) is 0 Å². The Bertz CT molecular complexity index is 49.3. The SMILES string of the molecule is C1CNCCNCCN1.[Br-].[Br-].[Mg+2]. The fraction of sp³-hybridized carbons (Fsp3) is 1.00. The Morgan fingerprint density at radius 2 is 0.667 bits per heavy atom. The second-order valence-corrected chi connectivity index (χ2v) is 2.25. The summed E-state index contributed by atoms with van der Waals surface area (Å²) in [6, 6.07) is 0. The van der Waals surface area contributed by atoms with Crippen molar-refractivity contribution in [1.82, 2.24) is 16.0 Å². The van der Waals surface area contributed by atoms with E-state index in [4.69, 9.17) is 0 Å². The molecule has 0 aromatic rings. The van der Waals surface area contributed by atoms with Crippen molar-refractivity contribution in [1.29, 1.82) is 0 Å². The summed E-state index contributed by atoms with van der Waals surface area (Å²) in [6.45, 7) is 6.59. The molecule has 70 valence electrons. The first-order chi connectivity index (χ1) is 4.50. The van der Waals surface area contributed by atoms with Crippen molar-refractivity contribution in [2.75, 3.05) is 39.3 Å². The van der Waals surface area contributed by atoms with Gasteiger partial charge in [-0.25, -0.2) is 0 Å². The fourth-order valence-electron chi connectivity index (χ4n) is 0.905. The van der Waals surface area contributed by atoms with E-state index < -0.39 is 0 Å². The van der Waals surface area contributed by atoms with Crippen LogP contribution in [-0.4, -0.2) is 62.3 Å².